The predicted molar refractivity (Wildman–Crippen MR) is 128 cm³/mol. The van der Waals surface area contributed by atoms with Gasteiger partial charge in [-0.1, -0.05) is 58.2 Å². The monoisotopic (exact) mass is 504 g/mol. The molecule has 0 aliphatic rings. The van der Waals surface area contributed by atoms with Crippen LogP contribution in [-0.2, 0) is 13.2 Å². The Kier molecular flexibility index (Phi) is 6.93. The smallest absolute Gasteiger partial charge is 0.279 e. The van der Waals surface area contributed by atoms with Crippen LogP contribution in [0.1, 0.15) is 32.9 Å². The summed E-state index contributed by atoms with van der Waals surface area (Å²) in [5.74, 6) is 0.857. The second kappa shape index (κ2) is 9.87. The van der Waals surface area contributed by atoms with Crippen LogP contribution in [-0.4, -0.2) is 20.8 Å². The zero-order chi connectivity index (χ0) is 23.5. The molecule has 0 unspecified atom stereocenters. The van der Waals surface area contributed by atoms with Gasteiger partial charge in [0.15, 0.2) is 11.5 Å². The Balaban J connectivity index is 1.47. The van der Waals surface area contributed by atoms with E-state index >= 15 is 0 Å². The molecule has 2 aromatic heterocycles. The van der Waals surface area contributed by atoms with Gasteiger partial charge in [-0.25, -0.2) is 0 Å². The lowest BCUT2D eigenvalue weighted by Gasteiger charge is -2.07. The van der Waals surface area contributed by atoms with Gasteiger partial charge in [-0.3, -0.25) is 9.48 Å². The Morgan fingerprint density at radius 2 is 1.94 bits per heavy atom. The molecule has 4 rings (SSSR count). The third-order valence-corrected chi connectivity index (χ3v) is 5.73. The molecular formula is C23H19Cl3N4O3. The highest BCUT2D eigenvalue weighted by molar-refractivity contribution is 6.35. The van der Waals surface area contributed by atoms with Crippen LogP contribution in [0.4, 0.5) is 5.82 Å². The number of halogens is 3. The number of hydrogen-bond acceptors (Lipinski definition) is 5. The SMILES string of the molecule is Cc1cccc(OCc2c(C(=O)Nc3nn(Cc4ccc(Cl)cc4Cl)cc3Cl)noc2C)c1. The first-order valence-electron chi connectivity index (χ1n) is 9.93. The van der Waals surface area contributed by atoms with Crippen LogP contribution in [0.25, 0.3) is 0 Å². The fraction of sp³-hybridized carbons (Fsp3) is 0.174. The Labute approximate surface area is 205 Å². The molecule has 0 saturated heterocycles. The first kappa shape index (κ1) is 23.2. The zero-order valence-corrected chi connectivity index (χ0v) is 20.0. The minimum Gasteiger partial charge on any atom is -0.489 e. The van der Waals surface area contributed by atoms with Gasteiger partial charge < -0.3 is 14.6 Å². The number of ether oxygens (including phenoxy) is 1. The highest BCUT2D eigenvalue weighted by Crippen LogP contribution is 2.25. The van der Waals surface area contributed by atoms with Gasteiger partial charge in [0.2, 0.25) is 0 Å². The summed E-state index contributed by atoms with van der Waals surface area (Å²) in [6.07, 6.45) is 1.60. The molecule has 0 radical (unpaired) electrons. The lowest BCUT2D eigenvalue weighted by molar-refractivity contribution is 0.101. The second-order valence-corrected chi connectivity index (χ2v) is 8.64. The fourth-order valence-electron chi connectivity index (χ4n) is 3.15. The number of hydrogen-bond donors (Lipinski definition) is 1. The van der Waals surface area contributed by atoms with Crippen LogP contribution >= 0.6 is 34.8 Å². The van der Waals surface area contributed by atoms with Crippen molar-refractivity contribution >= 4 is 46.5 Å². The zero-order valence-electron chi connectivity index (χ0n) is 17.7. The molecule has 1 N–H and O–H groups in total. The molecule has 7 nitrogen and oxygen atoms in total. The molecule has 33 heavy (non-hydrogen) atoms. The van der Waals surface area contributed by atoms with Crippen LogP contribution in [0.5, 0.6) is 5.75 Å². The summed E-state index contributed by atoms with van der Waals surface area (Å²) in [6.45, 7) is 4.17. The third kappa shape index (κ3) is 5.50. The van der Waals surface area contributed by atoms with Crippen LogP contribution in [0, 0.1) is 13.8 Å². The van der Waals surface area contributed by atoms with E-state index in [2.05, 4.69) is 15.6 Å². The highest BCUT2D eigenvalue weighted by Gasteiger charge is 2.22. The fourth-order valence-corrected chi connectivity index (χ4v) is 3.82. The molecule has 2 aromatic carbocycles. The lowest BCUT2D eigenvalue weighted by atomic mass is 10.2. The first-order chi connectivity index (χ1) is 15.8. The number of nitrogens with one attached hydrogen (secondary N) is 1. The topological polar surface area (TPSA) is 82.2 Å². The molecule has 0 fully saturated rings. The molecule has 170 valence electrons. The van der Waals surface area contributed by atoms with E-state index in [1.54, 1.807) is 36.0 Å². The summed E-state index contributed by atoms with van der Waals surface area (Å²) in [6, 6.07) is 12.8. The second-order valence-electron chi connectivity index (χ2n) is 7.38. The van der Waals surface area contributed by atoms with E-state index in [0.29, 0.717) is 33.7 Å². The lowest BCUT2D eigenvalue weighted by Crippen LogP contribution is -2.16. The number of rotatable bonds is 7. The van der Waals surface area contributed by atoms with Gasteiger partial charge in [0, 0.05) is 16.2 Å². The van der Waals surface area contributed by atoms with E-state index < -0.39 is 5.91 Å². The summed E-state index contributed by atoms with van der Waals surface area (Å²) in [5.41, 5.74) is 2.52. The van der Waals surface area contributed by atoms with E-state index in [1.807, 2.05) is 31.2 Å². The minimum absolute atomic E-state index is 0.103. The van der Waals surface area contributed by atoms with E-state index in [4.69, 9.17) is 44.1 Å². The Morgan fingerprint density at radius 3 is 2.70 bits per heavy atom. The molecule has 0 atom stereocenters. The van der Waals surface area contributed by atoms with Gasteiger partial charge in [0.05, 0.1) is 12.1 Å². The van der Waals surface area contributed by atoms with E-state index in [-0.39, 0.29) is 23.1 Å². The maximum atomic E-state index is 12.9. The molecule has 0 spiro atoms. The van der Waals surface area contributed by atoms with Gasteiger partial charge in [0.1, 0.15) is 23.1 Å². The van der Waals surface area contributed by atoms with Crippen LogP contribution < -0.4 is 10.1 Å². The van der Waals surface area contributed by atoms with Crippen molar-refractivity contribution in [2.24, 2.45) is 0 Å². The summed E-state index contributed by atoms with van der Waals surface area (Å²) in [7, 11) is 0. The van der Waals surface area contributed by atoms with Crippen molar-refractivity contribution in [3.05, 3.63) is 91.9 Å². The van der Waals surface area contributed by atoms with Crippen molar-refractivity contribution in [1.82, 2.24) is 14.9 Å². The molecule has 0 bridgehead atoms. The van der Waals surface area contributed by atoms with Crippen molar-refractivity contribution in [3.63, 3.8) is 0 Å². The number of nitrogens with zero attached hydrogens (tertiary/aromatic N) is 3. The van der Waals surface area contributed by atoms with Crippen molar-refractivity contribution < 1.29 is 14.1 Å². The van der Waals surface area contributed by atoms with Crippen molar-refractivity contribution in [2.45, 2.75) is 27.0 Å². The Hall–Kier alpha value is -3.00. The average Bonchev–Trinajstić information content (AvgIpc) is 3.30. The van der Waals surface area contributed by atoms with Gasteiger partial charge in [0.25, 0.3) is 5.91 Å². The summed E-state index contributed by atoms with van der Waals surface area (Å²) < 4.78 is 12.6. The molecular weight excluding hydrogens is 487 g/mol. The van der Waals surface area contributed by atoms with Gasteiger partial charge in [-0.15, -0.1) is 0 Å². The Morgan fingerprint density at radius 1 is 1.12 bits per heavy atom. The number of anilines is 1. The predicted octanol–water partition coefficient (Wildman–Crippen LogP) is 6.33. The molecule has 0 saturated carbocycles. The maximum absolute atomic E-state index is 12.9. The number of benzene rings is 2. The van der Waals surface area contributed by atoms with Crippen molar-refractivity contribution in [1.29, 1.82) is 0 Å². The number of carbonyl (C=O) groups is 1. The molecule has 10 heteroatoms. The van der Waals surface area contributed by atoms with E-state index in [1.165, 1.54) is 0 Å². The average molecular weight is 506 g/mol. The first-order valence-corrected chi connectivity index (χ1v) is 11.1. The largest absolute Gasteiger partial charge is 0.489 e. The van der Waals surface area contributed by atoms with E-state index in [0.717, 1.165) is 11.1 Å². The minimum atomic E-state index is -0.508. The Bertz CT molecular complexity index is 1320. The molecule has 1 amide bonds. The third-order valence-electron chi connectivity index (χ3n) is 4.87. The summed E-state index contributed by atoms with van der Waals surface area (Å²) in [4.78, 5) is 12.9. The van der Waals surface area contributed by atoms with Gasteiger partial charge in [-0.05, 0) is 49.2 Å². The summed E-state index contributed by atoms with van der Waals surface area (Å²) in [5, 5.41) is 12.2. The van der Waals surface area contributed by atoms with Crippen molar-refractivity contribution in [3.8, 4) is 5.75 Å². The molecule has 2 heterocycles. The standard InChI is InChI=1S/C23H19Cl3N4O3/c1-13-4-3-5-17(8-13)32-12-18-14(2)33-29-21(18)23(31)27-22-20(26)11-30(28-22)10-15-6-7-16(24)9-19(15)25/h3-9,11H,10,12H2,1-2H3,(H,27,28,31). The van der Waals surface area contributed by atoms with Gasteiger partial charge in [-0.2, -0.15) is 5.10 Å². The van der Waals surface area contributed by atoms with E-state index in [9.17, 15) is 4.79 Å². The number of carbonyl (C=O) groups excluding carboxylic acids is 1. The molecule has 4 aromatic rings. The number of aryl methyl sites for hydroxylation is 2. The number of amides is 1. The normalized spacial score (nSPS) is 10.9. The van der Waals surface area contributed by atoms with Crippen LogP contribution in [0.2, 0.25) is 15.1 Å². The van der Waals surface area contributed by atoms with Crippen LogP contribution in [0.3, 0.4) is 0 Å². The summed E-state index contributed by atoms with van der Waals surface area (Å²) >= 11 is 18.5. The highest BCUT2D eigenvalue weighted by atomic mass is 35.5. The molecule has 0 aliphatic carbocycles. The maximum Gasteiger partial charge on any atom is 0.279 e. The number of aromatic nitrogens is 3. The van der Waals surface area contributed by atoms with Crippen LogP contribution in [0.15, 0.2) is 53.2 Å². The quantitative estimate of drug-likeness (QED) is 0.317. The molecule has 0 aliphatic heterocycles. The van der Waals surface area contributed by atoms with Gasteiger partial charge >= 0.3 is 0 Å². The van der Waals surface area contributed by atoms with Crippen molar-refractivity contribution in [2.75, 3.05) is 5.32 Å².